The van der Waals surface area contributed by atoms with Gasteiger partial charge in [-0.05, 0) is 30.0 Å². The van der Waals surface area contributed by atoms with Crippen molar-refractivity contribution >= 4 is 11.9 Å². The molecule has 3 rings (SSSR count). The van der Waals surface area contributed by atoms with Crippen molar-refractivity contribution in [3.05, 3.63) is 29.3 Å². The third-order valence-electron chi connectivity index (χ3n) is 3.59. The molecule has 0 amide bonds. The van der Waals surface area contributed by atoms with Crippen LogP contribution >= 0.6 is 0 Å². The highest BCUT2D eigenvalue weighted by Gasteiger charge is 2.48. The Bertz CT molecular complexity index is 506. The number of hydrogen-bond acceptors (Lipinski definition) is 4. The Balaban J connectivity index is 2.13. The minimum atomic E-state index is -0.429. The van der Waals surface area contributed by atoms with Crippen LogP contribution in [0.3, 0.4) is 0 Å². The third kappa shape index (κ3) is 1.37. The molecule has 88 valence electrons. The number of hydrogen-bond donors (Lipinski definition) is 0. The monoisotopic (exact) mass is 232 g/mol. The smallest absolute Gasteiger partial charge is 0.321 e. The van der Waals surface area contributed by atoms with Crippen LogP contribution < -0.4 is 4.74 Å². The Labute approximate surface area is 98.5 Å². The van der Waals surface area contributed by atoms with Crippen LogP contribution in [0.15, 0.2) is 18.2 Å². The fraction of sp³-hybridized carbons (Fsp3) is 0.385. The van der Waals surface area contributed by atoms with Gasteiger partial charge >= 0.3 is 11.9 Å². The second kappa shape index (κ2) is 3.58. The van der Waals surface area contributed by atoms with E-state index in [-0.39, 0.29) is 11.9 Å². The second-order valence-electron chi connectivity index (χ2n) is 4.39. The molecular formula is C13H12O4. The van der Waals surface area contributed by atoms with Gasteiger partial charge in [-0.2, -0.15) is 0 Å². The van der Waals surface area contributed by atoms with E-state index in [2.05, 4.69) is 0 Å². The summed E-state index contributed by atoms with van der Waals surface area (Å²) in [6.07, 6.45) is 1.41. The van der Waals surface area contributed by atoms with E-state index in [9.17, 15) is 9.59 Å². The van der Waals surface area contributed by atoms with Gasteiger partial charge in [0.15, 0.2) is 0 Å². The number of ether oxygens (including phenoxy) is 2. The van der Waals surface area contributed by atoms with Gasteiger partial charge in [-0.1, -0.05) is 12.1 Å². The number of benzene rings is 1. The molecule has 1 aliphatic carbocycles. The van der Waals surface area contributed by atoms with Crippen molar-refractivity contribution in [3.63, 3.8) is 0 Å². The summed E-state index contributed by atoms with van der Waals surface area (Å²) in [6.45, 7) is 0. The molecule has 0 aromatic heterocycles. The average Bonchev–Trinajstić information content (AvgIpc) is 2.64. The van der Waals surface area contributed by atoms with Crippen molar-refractivity contribution in [1.82, 2.24) is 0 Å². The minimum Gasteiger partial charge on any atom is -0.496 e. The zero-order valence-electron chi connectivity index (χ0n) is 9.43. The standard InChI is InChI=1S/C13H12O4/c1-16-10-4-2-3-8-7(10)5-6-9-11(8)13(15)17-12(9)14/h2-4,9,11H,5-6H2,1H3/t9-,11+/m1/s1. The molecule has 1 heterocycles. The molecule has 1 aromatic carbocycles. The maximum Gasteiger partial charge on any atom is 0.321 e. The molecule has 1 saturated heterocycles. The van der Waals surface area contributed by atoms with E-state index in [0.717, 1.165) is 23.3 Å². The SMILES string of the molecule is COc1cccc2c1CC[C@H]1C(=O)OC(=O)[C@@H]21. The van der Waals surface area contributed by atoms with Crippen molar-refractivity contribution < 1.29 is 19.1 Å². The zero-order chi connectivity index (χ0) is 12.0. The number of rotatable bonds is 1. The molecule has 0 unspecified atom stereocenters. The number of carbonyl (C=O) groups excluding carboxylic acids is 2. The second-order valence-corrected chi connectivity index (χ2v) is 4.39. The lowest BCUT2D eigenvalue weighted by Gasteiger charge is -2.24. The van der Waals surface area contributed by atoms with Crippen LogP contribution in [0.5, 0.6) is 5.75 Å². The normalized spacial score (nSPS) is 26.2. The van der Waals surface area contributed by atoms with E-state index in [1.165, 1.54) is 0 Å². The van der Waals surface area contributed by atoms with Crippen molar-refractivity contribution in [3.8, 4) is 5.75 Å². The number of methoxy groups -OCH3 is 1. The lowest BCUT2D eigenvalue weighted by molar-refractivity contribution is -0.153. The Morgan fingerprint density at radius 3 is 2.88 bits per heavy atom. The molecule has 4 heteroatoms. The highest BCUT2D eigenvalue weighted by Crippen LogP contribution is 2.44. The van der Waals surface area contributed by atoms with Crippen LogP contribution in [-0.2, 0) is 20.7 Å². The lowest BCUT2D eigenvalue weighted by atomic mass is 9.76. The van der Waals surface area contributed by atoms with E-state index in [1.54, 1.807) is 7.11 Å². The van der Waals surface area contributed by atoms with Crippen LogP contribution in [0.2, 0.25) is 0 Å². The fourth-order valence-corrected chi connectivity index (χ4v) is 2.80. The van der Waals surface area contributed by atoms with Crippen molar-refractivity contribution in [2.45, 2.75) is 18.8 Å². The van der Waals surface area contributed by atoms with Gasteiger partial charge in [0.1, 0.15) is 5.75 Å². The number of carbonyl (C=O) groups is 2. The number of cyclic esters (lactones) is 2. The molecule has 0 N–H and O–H groups in total. The fourth-order valence-electron chi connectivity index (χ4n) is 2.80. The van der Waals surface area contributed by atoms with Gasteiger partial charge in [0, 0.05) is 0 Å². The summed E-state index contributed by atoms with van der Waals surface area (Å²) >= 11 is 0. The molecule has 0 spiro atoms. The van der Waals surface area contributed by atoms with Gasteiger partial charge < -0.3 is 9.47 Å². The molecule has 1 aromatic rings. The number of esters is 2. The minimum absolute atomic E-state index is 0.304. The molecule has 1 fully saturated rings. The Morgan fingerprint density at radius 1 is 1.29 bits per heavy atom. The number of fused-ring (bicyclic) bond motifs is 3. The van der Waals surface area contributed by atoms with Gasteiger partial charge in [-0.15, -0.1) is 0 Å². The quantitative estimate of drug-likeness (QED) is 0.543. The van der Waals surface area contributed by atoms with E-state index < -0.39 is 11.9 Å². The Hall–Kier alpha value is -1.84. The first-order valence-electron chi connectivity index (χ1n) is 5.63. The summed E-state index contributed by atoms with van der Waals surface area (Å²) < 4.78 is 10.0. The van der Waals surface area contributed by atoms with Gasteiger partial charge in [0.2, 0.25) is 0 Å². The topological polar surface area (TPSA) is 52.6 Å². The van der Waals surface area contributed by atoms with Gasteiger partial charge in [-0.25, -0.2) is 0 Å². The first kappa shape index (κ1) is 10.3. The third-order valence-corrected chi connectivity index (χ3v) is 3.59. The predicted molar refractivity (Wildman–Crippen MR) is 58.6 cm³/mol. The van der Waals surface area contributed by atoms with Gasteiger partial charge in [0.25, 0.3) is 0 Å². The maximum absolute atomic E-state index is 11.7. The zero-order valence-corrected chi connectivity index (χ0v) is 9.43. The van der Waals surface area contributed by atoms with E-state index in [4.69, 9.17) is 9.47 Å². The molecule has 1 aliphatic heterocycles. The summed E-state index contributed by atoms with van der Waals surface area (Å²) in [6, 6.07) is 5.60. The first-order valence-corrected chi connectivity index (χ1v) is 5.63. The van der Waals surface area contributed by atoms with Gasteiger partial charge in [-0.3, -0.25) is 9.59 Å². The molecule has 2 atom stereocenters. The summed E-state index contributed by atoms with van der Waals surface area (Å²) in [7, 11) is 1.61. The highest BCUT2D eigenvalue weighted by atomic mass is 16.6. The maximum atomic E-state index is 11.7. The summed E-state index contributed by atoms with van der Waals surface area (Å²) in [5.41, 5.74) is 1.92. The van der Waals surface area contributed by atoms with Crippen LogP contribution in [0, 0.1) is 5.92 Å². The summed E-state index contributed by atoms with van der Waals surface area (Å²) in [4.78, 5) is 23.2. The molecule has 0 bridgehead atoms. The van der Waals surface area contributed by atoms with Crippen LogP contribution in [0.1, 0.15) is 23.5 Å². The Kier molecular flexibility index (Phi) is 2.18. The van der Waals surface area contributed by atoms with Crippen LogP contribution in [0.4, 0.5) is 0 Å². The van der Waals surface area contributed by atoms with E-state index in [0.29, 0.717) is 6.42 Å². The van der Waals surface area contributed by atoms with E-state index >= 15 is 0 Å². The lowest BCUT2D eigenvalue weighted by Crippen LogP contribution is -2.23. The predicted octanol–water partition coefficient (Wildman–Crippen LogP) is 1.42. The first-order chi connectivity index (χ1) is 8.22. The van der Waals surface area contributed by atoms with Crippen LogP contribution in [0.25, 0.3) is 0 Å². The largest absolute Gasteiger partial charge is 0.496 e. The Morgan fingerprint density at radius 2 is 2.12 bits per heavy atom. The van der Waals surface area contributed by atoms with Crippen molar-refractivity contribution in [1.29, 1.82) is 0 Å². The molecule has 17 heavy (non-hydrogen) atoms. The van der Waals surface area contributed by atoms with Crippen molar-refractivity contribution in [2.75, 3.05) is 7.11 Å². The molecule has 0 radical (unpaired) electrons. The summed E-state index contributed by atoms with van der Waals surface area (Å²) in [5, 5.41) is 0. The average molecular weight is 232 g/mol. The molecular weight excluding hydrogens is 220 g/mol. The molecule has 0 saturated carbocycles. The van der Waals surface area contributed by atoms with Crippen LogP contribution in [-0.4, -0.2) is 19.0 Å². The van der Waals surface area contributed by atoms with E-state index in [1.807, 2.05) is 18.2 Å². The summed E-state index contributed by atoms with van der Waals surface area (Å²) in [5.74, 6) is -0.751. The van der Waals surface area contributed by atoms with Gasteiger partial charge in [0.05, 0.1) is 18.9 Å². The van der Waals surface area contributed by atoms with Crippen molar-refractivity contribution in [2.24, 2.45) is 5.92 Å². The molecule has 2 aliphatic rings. The molecule has 4 nitrogen and oxygen atoms in total. The highest BCUT2D eigenvalue weighted by molar-refractivity contribution is 6.00.